The minimum absolute atomic E-state index is 0.173. The summed E-state index contributed by atoms with van der Waals surface area (Å²) in [5, 5.41) is 10.5. The van der Waals surface area contributed by atoms with Gasteiger partial charge in [-0.25, -0.2) is 9.79 Å². The number of carbonyl (C=O) groups is 2. The largest absolute Gasteiger partial charge is 0.478 e. The molecule has 1 aliphatic rings. The Bertz CT molecular complexity index is 1270. The van der Waals surface area contributed by atoms with Crippen LogP contribution in [0, 0.1) is 0 Å². The zero-order valence-electron chi connectivity index (χ0n) is 16.7. The molecule has 162 valence electrons. The number of aromatic carboxylic acids is 1. The summed E-state index contributed by atoms with van der Waals surface area (Å²) < 4.78 is 5.88. The topological polar surface area (TPSA) is 83.1 Å². The Morgan fingerprint density at radius 3 is 2.56 bits per heavy atom. The van der Waals surface area contributed by atoms with Crippen molar-refractivity contribution >= 4 is 63.8 Å². The Morgan fingerprint density at radius 1 is 1.16 bits per heavy atom. The van der Waals surface area contributed by atoms with Gasteiger partial charge < -0.3 is 9.52 Å². The van der Waals surface area contributed by atoms with Gasteiger partial charge in [0, 0.05) is 23.2 Å². The van der Waals surface area contributed by atoms with E-state index in [4.69, 9.17) is 32.7 Å². The molecular formula is C23H16Cl2N2O4S. The number of amidine groups is 1. The van der Waals surface area contributed by atoms with Gasteiger partial charge in [-0.2, -0.15) is 0 Å². The third-order valence-corrected chi connectivity index (χ3v) is 6.19. The number of thioether (sulfide) groups is 1. The van der Waals surface area contributed by atoms with E-state index in [0.717, 1.165) is 0 Å². The number of hydrogen-bond acceptors (Lipinski definition) is 5. The van der Waals surface area contributed by atoms with Crippen molar-refractivity contribution in [1.29, 1.82) is 0 Å². The normalized spacial score (nSPS) is 16.3. The second kappa shape index (κ2) is 9.24. The molecule has 0 saturated carbocycles. The van der Waals surface area contributed by atoms with E-state index in [1.807, 2.05) is 6.92 Å². The summed E-state index contributed by atoms with van der Waals surface area (Å²) in [5.41, 5.74) is 1.43. The van der Waals surface area contributed by atoms with Crippen molar-refractivity contribution in [2.75, 3.05) is 6.54 Å². The first-order chi connectivity index (χ1) is 15.4. The third kappa shape index (κ3) is 4.60. The molecular weight excluding hydrogens is 471 g/mol. The van der Waals surface area contributed by atoms with Crippen LogP contribution < -0.4 is 0 Å². The molecule has 0 bridgehead atoms. The molecule has 2 aromatic carbocycles. The van der Waals surface area contributed by atoms with E-state index < -0.39 is 5.97 Å². The number of aliphatic imine (C=N–C) groups is 1. The first kappa shape index (κ1) is 22.2. The maximum Gasteiger partial charge on any atom is 0.335 e. The molecule has 1 N–H and O–H groups in total. The van der Waals surface area contributed by atoms with Gasteiger partial charge in [-0.3, -0.25) is 9.69 Å². The number of benzene rings is 2. The average Bonchev–Trinajstić information content (AvgIpc) is 3.33. The van der Waals surface area contributed by atoms with Crippen LogP contribution in [0.2, 0.25) is 10.0 Å². The number of furan rings is 1. The number of carboxylic acids is 1. The Balaban J connectivity index is 1.60. The van der Waals surface area contributed by atoms with E-state index in [0.29, 0.717) is 49.4 Å². The van der Waals surface area contributed by atoms with Crippen LogP contribution in [-0.4, -0.2) is 33.6 Å². The van der Waals surface area contributed by atoms with Crippen LogP contribution in [0.15, 0.2) is 68.9 Å². The maximum atomic E-state index is 12.9. The molecule has 1 aliphatic heterocycles. The van der Waals surface area contributed by atoms with Crippen molar-refractivity contribution in [3.63, 3.8) is 0 Å². The number of carbonyl (C=O) groups excluding carboxylic acids is 1. The predicted octanol–water partition coefficient (Wildman–Crippen LogP) is 6.58. The van der Waals surface area contributed by atoms with Gasteiger partial charge in [-0.05, 0) is 73.3 Å². The van der Waals surface area contributed by atoms with Crippen molar-refractivity contribution in [2.24, 2.45) is 4.99 Å². The van der Waals surface area contributed by atoms with Crippen molar-refractivity contribution in [3.05, 3.63) is 80.9 Å². The van der Waals surface area contributed by atoms with Crippen molar-refractivity contribution in [3.8, 4) is 11.3 Å². The summed E-state index contributed by atoms with van der Waals surface area (Å²) in [6.45, 7) is 2.30. The van der Waals surface area contributed by atoms with Gasteiger partial charge >= 0.3 is 5.97 Å². The zero-order chi connectivity index (χ0) is 22.8. The van der Waals surface area contributed by atoms with Gasteiger partial charge in [-0.15, -0.1) is 0 Å². The number of likely N-dealkylation sites (N-methyl/N-ethyl adjacent to an activating group) is 1. The SMILES string of the molecule is CCN1C(=O)/C(=C\c2ccc(-c3ccc(Cl)cc3Cl)o2)SC1=Nc1ccc(C(=O)O)cc1. The van der Waals surface area contributed by atoms with E-state index in [1.54, 1.807) is 53.4 Å². The monoisotopic (exact) mass is 486 g/mol. The van der Waals surface area contributed by atoms with E-state index in [1.165, 1.54) is 23.9 Å². The number of hydrogen-bond donors (Lipinski definition) is 1. The van der Waals surface area contributed by atoms with Gasteiger partial charge in [0.1, 0.15) is 11.5 Å². The Labute approximate surface area is 198 Å². The second-order valence-electron chi connectivity index (χ2n) is 6.73. The third-order valence-electron chi connectivity index (χ3n) is 4.64. The minimum Gasteiger partial charge on any atom is -0.478 e. The molecule has 6 nitrogen and oxygen atoms in total. The number of carboxylic acid groups (broad SMARTS) is 1. The van der Waals surface area contributed by atoms with Crippen LogP contribution >= 0.6 is 35.0 Å². The molecule has 1 fully saturated rings. The van der Waals surface area contributed by atoms with Crippen molar-refractivity contribution in [2.45, 2.75) is 6.92 Å². The van der Waals surface area contributed by atoms with E-state index >= 15 is 0 Å². The lowest BCUT2D eigenvalue weighted by Gasteiger charge is -2.11. The lowest BCUT2D eigenvalue weighted by atomic mass is 10.2. The highest BCUT2D eigenvalue weighted by atomic mass is 35.5. The molecule has 4 rings (SSSR count). The fraction of sp³-hybridized carbons (Fsp3) is 0.0870. The lowest BCUT2D eigenvalue weighted by molar-refractivity contribution is -0.122. The Hall–Kier alpha value is -3.00. The van der Waals surface area contributed by atoms with Gasteiger partial charge in [0.15, 0.2) is 5.17 Å². The van der Waals surface area contributed by atoms with Crippen LogP contribution in [0.1, 0.15) is 23.0 Å². The molecule has 1 amide bonds. The maximum absolute atomic E-state index is 12.9. The molecule has 0 radical (unpaired) electrons. The molecule has 0 atom stereocenters. The molecule has 1 saturated heterocycles. The Morgan fingerprint density at radius 2 is 1.91 bits per heavy atom. The lowest BCUT2D eigenvalue weighted by Crippen LogP contribution is -2.28. The summed E-state index contributed by atoms with van der Waals surface area (Å²) in [6, 6.07) is 14.8. The van der Waals surface area contributed by atoms with Crippen LogP contribution in [0.4, 0.5) is 5.69 Å². The van der Waals surface area contributed by atoms with Gasteiger partial charge in [0.25, 0.3) is 5.91 Å². The molecule has 3 aromatic rings. The summed E-state index contributed by atoms with van der Waals surface area (Å²) in [7, 11) is 0. The van der Waals surface area contributed by atoms with Crippen LogP contribution in [-0.2, 0) is 4.79 Å². The number of amides is 1. The van der Waals surface area contributed by atoms with E-state index in [-0.39, 0.29) is 11.5 Å². The molecule has 0 aliphatic carbocycles. The minimum atomic E-state index is -1.01. The molecule has 0 unspecified atom stereocenters. The molecule has 32 heavy (non-hydrogen) atoms. The van der Waals surface area contributed by atoms with E-state index in [9.17, 15) is 9.59 Å². The molecule has 1 aromatic heterocycles. The van der Waals surface area contributed by atoms with Crippen LogP contribution in [0.25, 0.3) is 17.4 Å². The number of halogens is 2. The summed E-state index contributed by atoms with van der Waals surface area (Å²) in [4.78, 5) is 30.4. The van der Waals surface area contributed by atoms with E-state index in [2.05, 4.69) is 4.99 Å². The standard InChI is InChI=1S/C23H16Cl2N2O4S/c1-2-27-21(28)20(32-23(27)26-15-6-3-13(4-7-15)22(29)30)12-16-8-10-19(31-16)17-9-5-14(24)11-18(17)25/h3-12H,2H2,1H3,(H,29,30)/b20-12+,26-23?. The van der Waals surface area contributed by atoms with Gasteiger partial charge in [-0.1, -0.05) is 23.2 Å². The average molecular weight is 487 g/mol. The highest BCUT2D eigenvalue weighted by Gasteiger charge is 2.32. The second-order valence-corrected chi connectivity index (χ2v) is 8.59. The van der Waals surface area contributed by atoms with Gasteiger partial charge in [0.2, 0.25) is 0 Å². The van der Waals surface area contributed by atoms with Gasteiger partial charge in [0.05, 0.1) is 21.2 Å². The van der Waals surface area contributed by atoms with Crippen LogP contribution in [0.3, 0.4) is 0 Å². The number of nitrogens with zero attached hydrogens (tertiary/aromatic N) is 2. The summed E-state index contributed by atoms with van der Waals surface area (Å²) >= 11 is 13.4. The Kier molecular flexibility index (Phi) is 6.41. The van der Waals surface area contributed by atoms with Crippen molar-refractivity contribution in [1.82, 2.24) is 4.90 Å². The highest BCUT2D eigenvalue weighted by molar-refractivity contribution is 8.18. The molecule has 2 heterocycles. The highest BCUT2D eigenvalue weighted by Crippen LogP contribution is 2.36. The summed E-state index contributed by atoms with van der Waals surface area (Å²) in [6.07, 6.45) is 1.67. The fourth-order valence-electron chi connectivity index (χ4n) is 3.05. The number of rotatable bonds is 5. The van der Waals surface area contributed by atoms with Crippen molar-refractivity contribution < 1.29 is 19.1 Å². The molecule has 9 heteroatoms. The fourth-order valence-corrected chi connectivity index (χ4v) is 4.60. The quantitative estimate of drug-likeness (QED) is 0.412. The molecule has 0 spiro atoms. The first-order valence-electron chi connectivity index (χ1n) is 9.54. The summed E-state index contributed by atoms with van der Waals surface area (Å²) in [5.74, 6) is -0.118. The first-order valence-corrected chi connectivity index (χ1v) is 11.1. The zero-order valence-corrected chi connectivity index (χ0v) is 19.0. The van der Waals surface area contributed by atoms with Crippen LogP contribution in [0.5, 0.6) is 0 Å². The predicted molar refractivity (Wildman–Crippen MR) is 128 cm³/mol. The smallest absolute Gasteiger partial charge is 0.335 e.